The van der Waals surface area contributed by atoms with E-state index >= 15 is 0 Å². The Labute approximate surface area is 186 Å². The SMILES string of the molecule is Cc1cnc(SC[C@H]2CCCO2)nc1[C@@H]1CCCN(C(=O)c2cc3ccccc3[nH]2)C1. The van der Waals surface area contributed by atoms with Crippen LogP contribution in [0.1, 0.15) is 53.3 Å². The van der Waals surface area contributed by atoms with Crippen LogP contribution in [-0.2, 0) is 4.74 Å². The number of aryl methyl sites for hydroxylation is 1. The molecule has 2 fully saturated rings. The van der Waals surface area contributed by atoms with Gasteiger partial charge in [0.1, 0.15) is 5.69 Å². The lowest BCUT2D eigenvalue weighted by Crippen LogP contribution is -2.39. The summed E-state index contributed by atoms with van der Waals surface area (Å²) in [5.74, 6) is 1.21. The van der Waals surface area contributed by atoms with Gasteiger partial charge in [-0.25, -0.2) is 9.97 Å². The van der Waals surface area contributed by atoms with Crippen molar-refractivity contribution < 1.29 is 9.53 Å². The molecule has 7 heteroatoms. The molecule has 6 nitrogen and oxygen atoms in total. The average Bonchev–Trinajstić information content (AvgIpc) is 3.48. The highest BCUT2D eigenvalue weighted by molar-refractivity contribution is 7.99. The molecule has 0 unspecified atom stereocenters. The molecule has 2 aliphatic rings. The number of aromatic nitrogens is 3. The number of hydrogen-bond donors (Lipinski definition) is 1. The quantitative estimate of drug-likeness (QED) is 0.469. The van der Waals surface area contributed by atoms with Crippen LogP contribution in [0.4, 0.5) is 0 Å². The molecule has 2 saturated heterocycles. The van der Waals surface area contributed by atoms with E-state index in [4.69, 9.17) is 9.72 Å². The summed E-state index contributed by atoms with van der Waals surface area (Å²) in [6, 6.07) is 9.97. The van der Waals surface area contributed by atoms with Crippen LogP contribution in [0.15, 0.2) is 41.7 Å². The molecule has 2 atom stereocenters. The summed E-state index contributed by atoms with van der Waals surface area (Å²) in [6.07, 6.45) is 6.55. The zero-order valence-electron chi connectivity index (χ0n) is 17.8. The van der Waals surface area contributed by atoms with Gasteiger partial charge in [-0.15, -0.1) is 0 Å². The standard InChI is InChI=1S/C24H28N4O2S/c1-16-13-25-24(31-15-19-8-5-11-30-19)27-22(16)18-7-4-10-28(14-18)23(29)21-12-17-6-2-3-9-20(17)26-21/h2-3,6,9,12-13,18-19,26H,4-5,7-8,10-11,14-15H2,1H3/t18-,19-/m1/s1. The molecule has 0 bridgehead atoms. The topological polar surface area (TPSA) is 71.1 Å². The number of fused-ring (bicyclic) bond motifs is 1. The van der Waals surface area contributed by atoms with E-state index in [1.54, 1.807) is 11.8 Å². The lowest BCUT2D eigenvalue weighted by atomic mass is 9.92. The van der Waals surface area contributed by atoms with E-state index in [1.807, 2.05) is 41.4 Å². The Hall–Kier alpha value is -2.38. The molecule has 1 amide bonds. The van der Waals surface area contributed by atoms with Gasteiger partial charge in [-0.2, -0.15) is 0 Å². The van der Waals surface area contributed by atoms with E-state index in [0.717, 1.165) is 71.9 Å². The molecular formula is C24H28N4O2S. The monoisotopic (exact) mass is 436 g/mol. The molecule has 0 spiro atoms. The minimum Gasteiger partial charge on any atom is -0.377 e. The molecule has 2 aromatic heterocycles. The number of amides is 1. The summed E-state index contributed by atoms with van der Waals surface area (Å²) < 4.78 is 5.73. The molecule has 0 saturated carbocycles. The third-order valence-corrected chi connectivity index (χ3v) is 7.26. The van der Waals surface area contributed by atoms with Gasteiger partial charge in [-0.05, 0) is 50.3 Å². The minimum atomic E-state index is 0.0700. The summed E-state index contributed by atoms with van der Waals surface area (Å²) >= 11 is 1.68. The first kappa shape index (κ1) is 20.5. The van der Waals surface area contributed by atoms with E-state index in [-0.39, 0.29) is 11.8 Å². The third-order valence-electron chi connectivity index (χ3n) is 6.27. The Morgan fingerprint density at radius 2 is 2.19 bits per heavy atom. The van der Waals surface area contributed by atoms with Gasteiger partial charge >= 0.3 is 0 Å². The third kappa shape index (κ3) is 4.48. The summed E-state index contributed by atoms with van der Waals surface area (Å²) in [5, 5.41) is 1.88. The maximum Gasteiger partial charge on any atom is 0.270 e. The number of thioether (sulfide) groups is 1. The number of carbonyl (C=O) groups excluding carboxylic acids is 1. The number of carbonyl (C=O) groups is 1. The zero-order chi connectivity index (χ0) is 21.2. The van der Waals surface area contributed by atoms with E-state index in [9.17, 15) is 4.79 Å². The molecule has 5 rings (SSSR count). The van der Waals surface area contributed by atoms with Gasteiger partial charge in [0.15, 0.2) is 5.16 Å². The first-order chi connectivity index (χ1) is 15.2. The van der Waals surface area contributed by atoms with Crippen molar-refractivity contribution in [2.75, 3.05) is 25.4 Å². The number of aromatic amines is 1. The second-order valence-corrected chi connectivity index (χ2v) is 9.51. The first-order valence-electron chi connectivity index (χ1n) is 11.1. The number of likely N-dealkylation sites (tertiary alicyclic amines) is 1. The lowest BCUT2D eigenvalue weighted by molar-refractivity contribution is 0.0700. The number of rotatable bonds is 5. The predicted octanol–water partition coefficient (Wildman–Crippen LogP) is 4.56. The van der Waals surface area contributed by atoms with Crippen LogP contribution in [0.3, 0.4) is 0 Å². The van der Waals surface area contributed by atoms with Gasteiger partial charge in [-0.3, -0.25) is 4.79 Å². The van der Waals surface area contributed by atoms with E-state index < -0.39 is 0 Å². The molecule has 162 valence electrons. The van der Waals surface area contributed by atoms with E-state index in [0.29, 0.717) is 18.3 Å². The molecule has 4 heterocycles. The molecule has 2 aliphatic heterocycles. The second kappa shape index (κ2) is 9.01. The van der Waals surface area contributed by atoms with Crippen molar-refractivity contribution in [1.29, 1.82) is 0 Å². The van der Waals surface area contributed by atoms with Crippen molar-refractivity contribution in [3.8, 4) is 0 Å². The molecule has 1 aromatic carbocycles. The lowest BCUT2D eigenvalue weighted by Gasteiger charge is -2.33. The summed E-state index contributed by atoms with van der Waals surface area (Å²) in [5.41, 5.74) is 3.85. The van der Waals surface area contributed by atoms with Crippen molar-refractivity contribution in [2.24, 2.45) is 0 Å². The number of nitrogens with one attached hydrogen (secondary N) is 1. The number of ether oxygens (including phenoxy) is 1. The van der Waals surface area contributed by atoms with E-state index in [1.165, 1.54) is 0 Å². The summed E-state index contributed by atoms with van der Waals surface area (Å²) in [4.78, 5) is 27.9. The Kier molecular flexibility index (Phi) is 5.96. The molecule has 0 aliphatic carbocycles. The van der Waals surface area contributed by atoms with Crippen molar-refractivity contribution in [1.82, 2.24) is 19.9 Å². The summed E-state index contributed by atoms with van der Waals surface area (Å²) in [6.45, 7) is 4.42. The highest BCUT2D eigenvalue weighted by Gasteiger charge is 2.28. The fraction of sp³-hybridized carbons (Fsp3) is 0.458. The fourth-order valence-electron chi connectivity index (χ4n) is 4.61. The van der Waals surface area contributed by atoms with Gasteiger partial charge in [0.2, 0.25) is 0 Å². The van der Waals surface area contributed by atoms with Crippen LogP contribution in [-0.4, -0.2) is 57.3 Å². The first-order valence-corrected chi connectivity index (χ1v) is 12.1. The van der Waals surface area contributed by atoms with E-state index in [2.05, 4.69) is 16.9 Å². The number of hydrogen-bond acceptors (Lipinski definition) is 5. The number of nitrogens with zero attached hydrogens (tertiary/aromatic N) is 3. The number of piperidine rings is 1. The Morgan fingerprint density at radius 3 is 3.03 bits per heavy atom. The maximum absolute atomic E-state index is 13.2. The van der Waals surface area contributed by atoms with Gasteiger partial charge in [-0.1, -0.05) is 30.0 Å². The minimum absolute atomic E-state index is 0.0700. The summed E-state index contributed by atoms with van der Waals surface area (Å²) in [7, 11) is 0. The van der Waals surface area contributed by atoms with Gasteiger partial charge < -0.3 is 14.6 Å². The number of H-pyrrole nitrogens is 1. The average molecular weight is 437 g/mol. The van der Waals surface area contributed by atoms with Gasteiger partial charge in [0, 0.05) is 48.5 Å². The molecular weight excluding hydrogens is 408 g/mol. The highest BCUT2D eigenvalue weighted by atomic mass is 32.2. The number of para-hydroxylation sites is 1. The number of benzene rings is 1. The van der Waals surface area contributed by atoms with Crippen molar-refractivity contribution in [3.63, 3.8) is 0 Å². The normalized spacial score (nSPS) is 21.6. The van der Waals surface area contributed by atoms with Crippen LogP contribution in [0.2, 0.25) is 0 Å². The molecule has 0 radical (unpaired) electrons. The van der Waals surface area contributed by atoms with Crippen molar-refractivity contribution in [3.05, 3.63) is 53.5 Å². The Bertz CT molecular complexity index is 1040. The second-order valence-electron chi connectivity index (χ2n) is 8.53. The largest absolute Gasteiger partial charge is 0.377 e. The maximum atomic E-state index is 13.2. The van der Waals surface area contributed by atoms with Crippen LogP contribution in [0.5, 0.6) is 0 Å². The van der Waals surface area contributed by atoms with Gasteiger partial charge in [0.05, 0.1) is 11.8 Å². The smallest absolute Gasteiger partial charge is 0.270 e. The Morgan fingerprint density at radius 1 is 1.29 bits per heavy atom. The van der Waals surface area contributed by atoms with Crippen LogP contribution < -0.4 is 0 Å². The molecule has 1 N–H and O–H groups in total. The van der Waals surface area contributed by atoms with Crippen LogP contribution in [0, 0.1) is 6.92 Å². The zero-order valence-corrected chi connectivity index (χ0v) is 18.7. The fourth-order valence-corrected chi connectivity index (χ4v) is 5.50. The van der Waals surface area contributed by atoms with Gasteiger partial charge in [0.25, 0.3) is 5.91 Å². The predicted molar refractivity (Wildman–Crippen MR) is 123 cm³/mol. The van der Waals surface area contributed by atoms with Crippen molar-refractivity contribution in [2.45, 2.75) is 49.8 Å². The van der Waals surface area contributed by atoms with Crippen molar-refractivity contribution >= 4 is 28.6 Å². The molecule has 31 heavy (non-hydrogen) atoms. The van der Waals surface area contributed by atoms with Crippen LogP contribution in [0.25, 0.3) is 10.9 Å². The Balaban J connectivity index is 1.30. The molecule has 3 aromatic rings. The highest BCUT2D eigenvalue weighted by Crippen LogP contribution is 2.30. The van der Waals surface area contributed by atoms with Crippen LogP contribution >= 0.6 is 11.8 Å².